The van der Waals surface area contributed by atoms with E-state index in [0.717, 1.165) is 6.42 Å². The van der Waals surface area contributed by atoms with Gasteiger partial charge in [0.1, 0.15) is 6.61 Å². The van der Waals surface area contributed by atoms with Crippen molar-refractivity contribution >= 4 is 11.9 Å². The molecule has 1 aromatic carbocycles. The van der Waals surface area contributed by atoms with Crippen molar-refractivity contribution in [1.82, 2.24) is 15.5 Å². The molecule has 1 atom stereocenters. The van der Waals surface area contributed by atoms with Gasteiger partial charge in [-0.15, -0.1) is 0 Å². The van der Waals surface area contributed by atoms with Crippen molar-refractivity contribution in [2.45, 2.75) is 32.4 Å². The number of aliphatic imine (C=N–C) groups is 1. The maximum absolute atomic E-state index is 12.3. The molecule has 0 bridgehead atoms. The second kappa shape index (κ2) is 12.4. The van der Waals surface area contributed by atoms with Crippen LogP contribution in [0.5, 0.6) is 0 Å². The number of hydrogen-bond donors (Lipinski definition) is 2. The molecule has 0 aromatic heterocycles. The first-order valence-electron chi connectivity index (χ1n) is 10.4. The maximum atomic E-state index is 12.3. The molecular weight excluding hydrogens is 397 g/mol. The van der Waals surface area contributed by atoms with Crippen LogP contribution in [0.15, 0.2) is 35.3 Å². The highest BCUT2D eigenvalue weighted by Gasteiger charge is 2.29. The molecule has 1 aliphatic heterocycles. The van der Waals surface area contributed by atoms with Crippen LogP contribution in [0.4, 0.5) is 13.2 Å². The van der Waals surface area contributed by atoms with Crippen molar-refractivity contribution in [3.05, 3.63) is 35.9 Å². The Morgan fingerprint density at radius 1 is 1.27 bits per heavy atom. The van der Waals surface area contributed by atoms with Crippen LogP contribution in [-0.2, 0) is 16.0 Å². The topological polar surface area (TPSA) is 66.0 Å². The van der Waals surface area contributed by atoms with Gasteiger partial charge in [0.05, 0.1) is 0 Å². The van der Waals surface area contributed by atoms with Crippen molar-refractivity contribution in [3.63, 3.8) is 0 Å². The lowest BCUT2D eigenvalue weighted by molar-refractivity contribution is -0.173. The summed E-state index contributed by atoms with van der Waals surface area (Å²) >= 11 is 0. The van der Waals surface area contributed by atoms with Crippen LogP contribution in [0.2, 0.25) is 0 Å². The minimum Gasteiger partial charge on any atom is -0.372 e. The highest BCUT2D eigenvalue weighted by Crippen LogP contribution is 2.18. The molecule has 1 unspecified atom stereocenters. The Morgan fingerprint density at radius 3 is 2.73 bits per heavy atom. The Kier molecular flexibility index (Phi) is 9.93. The van der Waals surface area contributed by atoms with Crippen molar-refractivity contribution < 1.29 is 22.7 Å². The summed E-state index contributed by atoms with van der Waals surface area (Å²) < 4.78 is 40.7. The average Bonchev–Trinajstić information content (AvgIpc) is 3.06. The second-order valence-corrected chi connectivity index (χ2v) is 7.31. The summed E-state index contributed by atoms with van der Waals surface area (Å²) in [7, 11) is 0. The zero-order valence-corrected chi connectivity index (χ0v) is 17.4. The summed E-state index contributed by atoms with van der Waals surface area (Å²) in [6.45, 7) is 3.79. The Hall–Kier alpha value is -2.29. The van der Waals surface area contributed by atoms with E-state index < -0.39 is 12.8 Å². The Morgan fingerprint density at radius 2 is 2.03 bits per heavy atom. The smallest absolute Gasteiger partial charge is 0.372 e. The number of guanidine groups is 1. The monoisotopic (exact) mass is 428 g/mol. The first-order valence-corrected chi connectivity index (χ1v) is 10.4. The van der Waals surface area contributed by atoms with Gasteiger partial charge in [-0.3, -0.25) is 9.79 Å². The molecule has 0 spiro atoms. The molecule has 0 radical (unpaired) electrons. The van der Waals surface area contributed by atoms with Crippen LogP contribution in [0.1, 0.15) is 25.3 Å². The minimum absolute atomic E-state index is 0.0272. The van der Waals surface area contributed by atoms with Gasteiger partial charge in [-0.2, -0.15) is 13.2 Å². The predicted molar refractivity (Wildman–Crippen MR) is 110 cm³/mol. The first kappa shape index (κ1) is 24.0. The van der Waals surface area contributed by atoms with Crippen molar-refractivity contribution in [1.29, 1.82) is 0 Å². The highest BCUT2D eigenvalue weighted by atomic mass is 19.4. The zero-order valence-electron chi connectivity index (χ0n) is 17.4. The van der Waals surface area contributed by atoms with Gasteiger partial charge in [0, 0.05) is 51.7 Å². The van der Waals surface area contributed by atoms with E-state index in [-0.39, 0.29) is 18.4 Å². The lowest BCUT2D eigenvalue weighted by Gasteiger charge is -2.16. The molecule has 0 saturated carbocycles. The van der Waals surface area contributed by atoms with Gasteiger partial charge < -0.3 is 20.3 Å². The molecule has 2 N–H and O–H groups in total. The van der Waals surface area contributed by atoms with E-state index in [2.05, 4.69) is 32.5 Å². The van der Waals surface area contributed by atoms with Gasteiger partial charge in [0.2, 0.25) is 5.91 Å². The normalized spacial score (nSPS) is 17.5. The van der Waals surface area contributed by atoms with E-state index >= 15 is 0 Å². The summed E-state index contributed by atoms with van der Waals surface area (Å²) in [5, 5.41) is 6.20. The van der Waals surface area contributed by atoms with E-state index in [4.69, 9.17) is 0 Å². The number of benzene rings is 1. The minimum atomic E-state index is -4.29. The Balaban J connectivity index is 1.70. The molecule has 0 aliphatic carbocycles. The fourth-order valence-corrected chi connectivity index (χ4v) is 3.23. The SMILES string of the molecule is CCNC(=NCC1CC(=O)N(CCc2ccccc2)C1)NCCCOCC(F)(F)F. The third kappa shape index (κ3) is 9.47. The maximum Gasteiger partial charge on any atom is 0.411 e. The van der Waals surface area contributed by atoms with Crippen LogP contribution in [0.25, 0.3) is 0 Å². The molecule has 1 heterocycles. The van der Waals surface area contributed by atoms with Crippen LogP contribution >= 0.6 is 0 Å². The van der Waals surface area contributed by atoms with Gasteiger partial charge in [-0.1, -0.05) is 30.3 Å². The predicted octanol–water partition coefficient (Wildman–Crippen LogP) is 2.60. The summed E-state index contributed by atoms with van der Waals surface area (Å²) in [6.07, 6.45) is -2.53. The zero-order chi connectivity index (χ0) is 21.8. The number of halogens is 3. The second-order valence-electron chi connectivity index (χ2n) is 7.31. The fourth-order valence-electron chi connectivity index (χ4n) is 3.23. The van der Waals surface area contributed by atoms with E-state index in [1.54, 1.807) is 0 Å². The molecule has 2 rings (SSSR count). The van der Waals surface area contributed by atoms with Gasteiger partial charge in [-0.05, 0) is 25.3 Å². The number of rotatable bonds is 11. The molecule has 9 heteroatoms. The number of likely N-dealkylation sites (tertiary alicyclic amines) is 1. The lowest BCUT2D eigenvalue weighted by atomic mass is 10.1. The van der Waals surface area contributed by atoms with Gasteiger partial charge >= 0.3 is 6.18 Å². The van der Waals surface area contributed by atoms with Crippen molar-refractivity contribution in [2.24, 2.45) is 10.9 Å². The number of carbonyl (C=O) groups excluding carboxylic acids is 1. The van der Waals surface area contributed by atoms with Crippen molar-refractivity contribution in [2.75, 3.05) is 45.9 Å². The van der Waals surface area contributed by atoms with E-state index in [1.165, 1.54) is 5.56 Å². The van der Waals surface area contributed by atoms with E-state index in [9.17, 15) is 18.0 Å². The number of carbonyl (C=O) groups is 1. The third-order valence-electron chi connectivity index (χ3n) is 4.68. The summed E-state index contributed by atoms with van der Waals surface area (Å²) in [6, 6.07) is 10.1. The van der Waals surface area contributed by atoms with Gasteiger partial charge in [0.15, 0.2) is 5.96 Å². The first-order chi connectivity index (χ1) is 14.4. The summed E-state index contributed by atoms with van der Waals surface area (Å²) in [4.78, 5) is 18.7. The molecule has 1 aliphatic rings. The summed E-state index contributed by atoms with van der Waals surface area (Å²) in [5.74, 6) is 0.924. The third-order valence-corrected chi connectivity index (χ3v) is 4.68. The highest BCUT2D eigenvalue weighted by molar-refractivity contribution is 5.80. The molecule has 1 fully saturated rings. The quantitative estimate of drug-likeness (QED) is 0.323. The van der Waals surface area contributed by atoms with Crippen molar-refractivity contribution in [3.8, 4) is 0 Å². The number of ether oxygens (including phenoxy) is 1. The molecule has 1 aromatic rings. The molecule has 168 valence electrons. The van der Waals surface area contributed by atoms with Crippen LogP contribution < -0.4 is 10.6 Å². The van der Waals surface area contributed by atoms with Gasteiger partial charge in [-0.25, -0.2) is 0 Å². The van der Waals surface area contributed by atoms with E-state index in [0.29, 0.717) is 51.5 Å². The number of alkyl halides is 3. The largest absolute Gasteiger partial charge is 0.411 e. The average molecular weight is 428 g/mol. The Bertz CT molecular complexity index is 668. The fraction of sp³-hybridized carbons (Fsp3) is 0.619. The standard InChI is InChI=1S/C21H31F3N4O2/c1-2-25-20(26-10-6-12-30-16-21(22,23)24)27-14-18-13-19(29)28(15-18)11-9-17-7-4-3-5-8-17/h3-5,7-8,18H,2,6,9-16H2,1H3,(H2,25,26,27). The Labute approximate surface area is 175 Å². The number of hydrogen-bond acceptors (Lipinski definition) is 3. The van der Waals surface area contributed by atoms with Gasteiger partial charge in [0.25, 0.3) is 0 Å². The number of amides is 1. The summed E-state index contributed by atoms with van der Waals surface area (Å²) in [5.41, 5.74) is 1.21. The number of nitrogens with one attached hydrogen (secondary N) is 2. The molecule has 1 saturated heterocycles. The molecule has 30 heavy (non-hydrogen) atoms. The lowest BCUT2D eigenvalue weighted by Crippen LogP contribution is -2.38. The number of nitrogens with zero attached hydrogens (tertiary/aromatic N) is 2. The van der Waals surface area contributed by atoms with Crippen LogP contribution in [0.3, 0.4) is 0 Å². The van der Waals surface area contributed by atoms with Crippen LogP contribution in [0, 0.1) is 5.92 Å². The molecular formula is C21H31F3N4O2. The molecule has 6 nitrogen and oxygen atoms in total. The molecule has 1 amide bonds. The van der Waals surface area contributed by atoms with E-state index in [1.807, 2.05) is 30.0 Å². The van der Waals surface area contributed by atoms with Crippen LogP contribution in [-0.4, -0.2) is 68.9 Å².